The van der Waals surface area contributed by atoms with E-state index in [4.69, 9.17) is 0 Å². The van der Waals surface area contributed by atoms with Crippen LogP contribution >= 0.6 is 15.9 Å². The van der Waals surface area contributed by atoms with Crippen molar-refractivity contribution in [2.24, 2.45) is 0 Å². The molecule has 1 aromatic carbocycles. The minimum absolute atomic E-state index is 0.0894. The minimum atomic E-state index is -0.0894. The summed E-state index contributed by atoms with van der Waals surface area (Å²) in [5.41, 5.74) is 2.18. The third kappa shape index (κ3) is 2.25. The first-order valence-electron chi connectivity index (χ1n) is 5.46. The summed E-state index contributed by atoms with van der Waals surface area (Å²) >= 11 is 3.51. The Bertz CT molecular complexity index is 537. The highest BCUT2D eigenvalue weighted by Gasteiger charge is 2.12. The first-order chi connectivity index (χ1) is 8.17. The number of aliphatic hydroxyl groups is 1. The third-order valence-electron chi connectivity index (χ3n) is 2.72. The van der Waals surface area contributed by atoms with Crippen molar-refractivity contribution in [2.45, 2.75) is 27.0 Å². The van der Waals surface area contributed by atoms with Gasteiger partial charge in [0.15, 0.2) is 11.6 Å². The Kier molecular flexibility index (Phi) is 3.59. The Labute approximate surface area is 108 Å². The van der Waals surface area contributed by atoms with Gasteiger partial charge in [-0.1, -0.05) is 28.1 Å². The van der Waals surface area contributed by atoms with E-state index >= 15 is 0 Å². The van der Waals surface area contributed by atoms with Crippen molar-refractivity contribution in [3.05, 3.63) is 34.1 Å². The molecule has 0 amide bonds. The molecule has 0 bridgehead atoms. The second-order valence-electron chi connectivity index (χ2n) is 3.81. The lowest BCUT2D eigenvalue weighted by molar-refractivity contribution is 0.265. The molecule has 5 heteroatoms. The molecule has 0 spiro atoms. The van der Waals surface area contributed by atoms with Gasteiger partial charge in [-0.2, -0.15) is 0 Å². The summed E-state index contributed by atoms with van der Waals surface area (Å²) in [6.45, 7) is 4.70. The van der Waals surface area contributed by atoms with E-state index in [1.807, 2.05) is 36.6 Å². The van der Waals surface area contributed by atoms with Crippen LogP contribution in [-0.2, 0) is 13.2 Å². The molecule has 2 rings (SSSR count). The Balaban J connectivity index is 2.52. The molecule has 0 unspecified atom stereocenters. The summed E-state index contributed by atoms with van der Waals surface area (Å²) in [7, 11) is 0. The van der Waals surface area contributed by atoms with E-state index in [0.717, 1.165) is 22.4 Å². The lowest BCUT2D eigenvalue weighted by Gasteiger charge is -2.07. The molecule has 0 radical (unpaired) electrons. The van der Waals surface area contributed by atoms with Crippen LogP contribution in [0.25, 0.3) is 11.4 Å². The van der Waals surface area contributed by atoms with Gasteiger partial charge in [0, 0.05) is 16.6 Å². The SMILES string of the molecule is CCn1c(CO)nnc1-c1ccc(C)c(Br)c1. The van der Waals surface area contributed by atoms with Crippen LogP contribution in [0.15, 0.2) is 22.7 Å². The molecule has 17 heavy (non-hydrogen) atoms. The van der Waals surface area contributed by atoms with E-state index in [1.165, 1.54) is 5.56 Å². The Morgan fingerprint density at radius 3 is 2.71 bits per heavy atom. The molecule has 0 saturated carbocycles. The molecule has 0 fully saturated rings. The van der Waals surface area contributed by atoms with Crippen molar-refractivity contribution in [3.8, 4) is 11.4 Å². The maximum absolute atomic E-state index is 9.18. The lowest BCUT2D eigenvalue weighted by Crippen LogP contribution is -2.03. The largest absolute Gasteiger partial charge is 0.388 e. The summed E-state index contributed by atoms with van der Waals surface area (Å²) in [6, 6.07) is 6.07. The van der Waals surface area contributed by atoms with E-state index in [2.05, 4.69) is 26.1 Å². The van der Waals surface area contributed by atoms with E-state index in [-0.39, 0.29) is 6.61 Å². The summed E-state index contributed by atoms with van der Waals surface area (Å²) in [5.74, 6) is 1.39. The average Bonchev–Trinajstić information content (AvgIpc) is 2.75. The molecule has 4 nitrogen and oxygen atoms in total. The lowest BCUT2D eigenvalue weighted by atomic mass is 10.1. The molecule has 90 valence electrons. The maximum Gasteiger partial charge on any atom is 0.164 e. The molecule has 2 aromatic rings. The van der Waals surface area contributed by atoms with Gasteiger partial charge in [0.25, 0.3) is 0 Å². The third-order valence-corrected chi connectivity index (χ3v) is 3.57. The molecular weight excluding hydrogens is 282 g/mol. The predicted molar refractivity (Wildman–Crippen MR) is 69.5 cm³/mol. The van der Waals surface area contributed by atoms with Crippen molar-refractivity contribution >= 4 is 15.9 Å². The van der Waals surface area contributed by atoms with Crippen molar-refractivity contribution in [3.63, 3.8) is 0 Å². The smallest absolute Gasteiger partial charge is 0.164 e. The standard InChI is InChI=1S/C12H14BrN3O/c1-3-16-11(7-17)14-15-12(16)9-5-4-8(2)10(13)6-9/h4-6,17H,3,7H2,1-2H3. The molecule has 1 N–H and O–H groups in total. The monoisotopic (exact) mass is 295 g/mol. The zero-order chi connectivity index (χ0) is 12.4. The molecular formula is C12H14BrN3O. The molecule has 0 aliphatic heterocycles. The van der Waals surface area contributed by atoms with Crippen molar-refractivity contribution < 1.29 is 5.11 Å². The summed E-state index contributed by atoms with van der Waals surface area (Å²) in [6.07, 6.45) is 0. The topological polar surface area (TPSA) is 50.9 Å². The molecule has 0 atom stereocenters. The fourth-order valence-electron chi connectivity index (χ4n) is 1.73. The van der Waals surface area contributed by atoms with Gasteiger partial charge in [0.1, 0.15) is 6.61 Å². The zero-order valence-electron chi connectivity index (χ0n) is 9.81. The Hall–Kier alpha value is -1.20. The minimum Gasteiger partial charge on any atom is -0.388 e. The molecule has 1 aromatic heterocycles. The van der Waals surface area contributed by atoms with Crippen LogP contribution < -0.4 is 0 Å². The van der Waals surface area contributed by atoms with Crippen molar-refractivity contribution in [1.29, 1.82) is 0 Å². The first-order valence-corrected chi connectivity index (χ1v) is 6.26. The van der Waals surface area contributed by atoms with Gasteiger partial charge in [-0.25, -0.2) is 0 Å². The highest BCUT2D eigenvalue weighted by molar-refractivity contribution is 9.10. The van der Waals surface area contributed by atoms with Gasteiger partial charge in [0.05, 0.1) is 0 Å². The number of hydrogen-bond donors (Lipinski definition) is 1. The second kappa shape index (κ2) is 4.98. The number of aliphatic hydroxyl groups excluding tert-OH is 1. The van der Waals surface area contributed by atoms with E-state index in [1.54, 1.807) is 0 Å². The molecule has 1 heterocycles. The van der Waals surface area contributed by atoms with Gasteiger partial charge in [0.2, 0.25) is 0 Å². The van der Waals surface area contributed by atoms with Crippen LogP contribution in [-0.4, -0.2) is 19.9 Å². The van der Waals surface area contributed by atoms with Crippen LogP contribution in [0, 0.1) is 6.92 Å². The normalized spacial score (nSPS) is 10.8. The van der Waals surface area contributed by atoms with Gasteiger partial charge in [-0.3, -0.25) is 0 Å². The molecule has 0 saturated heterocycles. The maximum atomic E-state index is 9.18. The van der Waals surface area contributed by atoms with Crippen LogP contribution in [0.3, 0.4) is 0 Å². The van der Waals surface area contributed by atoms with Gasteiger partial charge in [-0.15, -0.1) is 10.2 Å². The quantitative estimate of drug-likeness (QED) is 0.947. The van der Waals surface area contributed by atoms with Gasteiger partial charge in [-0.05, 0) is 25.5 Å². The number of aryl methyl sites for hydroxylation is 1. The zero-order valence-corrected chi connectivity index (χ0v) is 11.4. The van der Waals surface area contributed by atoms with Crippen LogP contribution in [0.4, 0.5) is 0 Å². The summed E-state index contributed by atoms with van der Waals surface area (Å²) < 4.78 is 2.96. The summed E-state index contributed by atoms with van der Waals surface area (Å²) in [5, 5.41) is 17.3. The first kappa shape index (κ1) is 12.3. The van der Waals surface area contributed by atoms with E-state index in [0.29, 0.717) is 5.82 Å². The van der Waals surface area contributed by atoms with Gasteiger partial charge >= 0.3 is 0 Å². The predicted octanol–water partition coefficient (Wildman–Crippen LogP) is 2.53. The summed E-state index contributed by atoms with van der Waals surface area (Å²) in [4.78, 5) is 0. The van der Waals surface area contributed by atoms with Gasteiger partial charge < -0.3 is 9.67 Å². The van der Waals surface area contributed by atoms with Crippen LogP contribution in [0.2, 0.25) is 0 Å². The average molecular weight is 296 g/mol. The molecule has 0 aliphatic rings. The number of benzene rings is 1. The number of aromatic nitrogens is 3. The number of rotatable bonds is 3. The van der Waals surface area contributed by atoms with Crippen LogP contribution in [0.1, 0.15) is 18.3 Å². The van der Waals surface area contributed by atoms with Crippen LogP contribution in [0.5, 0.6) is 0 Å². The van der Waals surface area contributed by atoms with Crippen molar-refractivity contribution in [2.75, 3.05) is 0 Å². The number of halogens is 1. The van der Waals surface area contributed by atoms with E-state index < -0.39 is 0 Å². The van der Waals surface area contributed by atoms with E-state index in [9.17, 15) is 5.11 Å². The highest BCUT2D eigenvalue weighted by atomic mass is 79.9. The Morgan fingerprint density at radius 2 is 2.12 bits per heavy atom. The molecule has 0 aliphatic carbocycles. The fraction of sp³-hybridized carbons (Fsp3) is 0.333. The second-order valence-corrected chi connectivity index (χ2v) is 4.66. The highest BCUT2D eigenvalue weighted by Crippen LogP contribution is 2.24. The number of nitrogens with zero attached hydrogens (tertiary/aromatic N) is 3. The fourth-order valence-corrected chi connectivity index (χ4v) is 2.11. The Morgan fingerprint density at radius 1 is 1.35 bits per heavy atom. The number of hydrogen-bond acceptors (Lipinski definition) is 3. The van der Waals surface area contributed by atoms with Crippen molar-refractivity contribution in [1.82, 2.24) is 14.8 Å².